The molecule has 1 spiro atoms. The number of rotatable bonds is 4. The summed E-state index contributed by atoms with van der Waals surface area (Å²) < 4.78 is 0. The highest BCUT2D eigenvalue weighted by molar-refractivity contribution is 8.00. The van der Waals surface area contributed by atoms with Crippen molar-refractivity contribution in [2.24, 2.45) is 0 Å². The summed E-state index contributed by atoms with van der Waals surface area (Å²) in [6.45, 7) is 0. The second-order valence-corrected chi connectivity index (χ2v) is 16.3. The van der Waals surface area contributed by atoms with Crippen molar-refractivity contribution in [1.29, 1.82) is 0 Å². The fraction of sp³-hybridized carbons (Fsp3) is 0.0182. The van der Waals surface area contributed by atoms with E-state index >= 15 is 0 Å². The summed E-state index contributed by atoms with van der Waals surface area (Å²) in [7, 11) is 0. The number of hydrogen-bond acceptors (Lipinski definition) is 3. The van der Waals surface area contributed by atoms with Crippen molar-refractivity contribution in [2.45, 2.75) is 15.2 Å². The molecule has 9 aromatic carbocycles. The second kappa shape index (κ2) is 13.0. The normalized spacial score (nSPS) is 13.2. The molecule has 0 radical (unpaired) electrons. The molecule has 1 aromatic heterocycles. The first-order valence-corrected chi connectivity index (χ1v) is 20.6. The minimum absolute atomic E-state index is 0.495. The van der Waals surface area contributed by atoms with Crippen molar-refractivity contribution in [3.05, 3.63) is 229 Å². The van der Waals surface area contributed by atoms with E-state index in [4.69, 9.17) is 9.97 Å². The quantitative estimate of drug-likeness (QED) is 0.179. The molecule has 0 atom stereocenters. The molecule has 0 amide bonds. The van der Waals surface area contributed by atoms with Gasteiger partial charge in [-0.05, 0) is 78.2 Å². The number of aromatic nitrogens is 2. The Morgan fingerprint density at radius 3 is 1.45 bits per heavy atom. The Kier molecular flexibility index (Phi) is 7.41. The third kappa shape index (κ3) is 4.93. The molecule has 0 saturated heterocycles. The first-order valence-electron chi connectivity index (χ1n) is 19.8. The average molecular weight is 755 g/mol. The highest BCUT2D eigenvalue weighted by Gasteiger charge is 2.51. The predicted molar refractivity (Wildman–Crippen MR) is 240 cm³/mol. The van der Waals surface area contributed by atoms with Gasteiger partial charge in [0.2, 0.25) is 0 Å². The molecule has 0 fully saturated rings. The molecule has 1 aliphatic carbocycles. The van der Waals surface area contributed by atoms with Crippen molar-refractivity contribution in [1.82, 2.24) is 9.97 Å². The summed E-state index contributed by atoms with van der Waals surface area (Å²) in [5.41, 5.74) is 14.7. The zero-order valence-corrected chi connectivity index (χ0v) is 32.2. The van der Waals surface area contributed by atoms with Crippen LogP contribution in [-0.4, -0.2) is 9.97 Å². The minimum Gasteiger partial charge on any atom is -0.228 e. The largest absolute Gasteiger partial charge is 0.228 e. The van der Waals surface area contributed by atoms with Crippen molar-refractivity contribution < 1.29 is 0 Å². The van der Waals surface area contributed by atoms with Crippen molar-refractivity contribution >= 4 is 33.3 Å². The van der Waals surface area contributed by atoms with Gasteiger partial charge in [-0.2, -0.15) is 0 Å². The first-order chi connectivity index (χ1) is 28.7. The highest BCUT2D eigenvalue weighted by Crippen LogP contribution is 2.64. The summed E-state index contributed by atoms with van der Waals surface area (Å²) in [5.74, 6) is 0.711. The van der Waals surface area contributed by atoms with E-state index in [0.29, 0.717) is 5.82 Å². The molecule has 2 aliphatic rings. The number of benzene rings is 9. The summed E-state index contributed by atoms with van der Waals surface area (Å²) in [6.07, 6.45) is 0. The maximum absolute atomic E-state index is 5.10. The van der Waals surface area contributed by atoms with E-state index in [0.717, 1.165) is 33.6 Å². The molecular formula is C55H34N2S. The lowest BCUT2D eigenvalue weighted by molar-refractivity contribution is 0.729. The van der Waals surface area contributed by atoms with Gasteiger partial charge in [-0.1, -0.05) is 206 Å². The zero-order valence-electron chi connectivity index (χ0n) is 31.4. The van der Waals surface area contributed by atoms with Gasteiger partial charge in [-0.25, -0.2) is 9.97 Å². The third-order valence-electron chi connectivity index (χ3n) is 12.2. The molecule has 10 aromatic rings. The summed E-state index contributed by atoms with van der Waals surface area (Å²) in [5, 5.41) is 5.13. The lowest BCUT2D eigenvalue weighted by Crippen LogP contribution is -2.32. The molecule has 0 bridgehead atoms. The van der Waals surface area contributed by atoms with Gasteiger partial charge < -0.3 is 0 Å². The molecule has 2 nitrogen and oxygen atoms in total. The van der Waals surface area contributed by atoms with Crippen LogP contribution in [0.2, 0.25) is 0 Å². The summed E-state index contributed by atoms with van der Waals surface area (Å²) in [6, 6.07) is 75.0. The van der Waals surface area contributed by atoms with Gasteiger partial charge in [0, 0.05) is 26.5 Å². The van der Waals surface area contributed by atoms with Crippen LogP contribution >= 0.6 is 11.8 Å². The molecule has 12 rings (SSSR count). The first kappa shape index (κ1) is 33.1. The maximum atomic E-state index is 5.10. The van der Waals surface area contributed by atoms with Crippen LogP contribution < -0.4 is 0 Å². The predicted octanol–water partition coefficient (Wildman–Crippen LogP) is 14.3. The average Bonchev–Trinajstić information content (AvgIpc) is 3.59. The van der Waals surface area contributed by atoms with Gasteiger partial charge in [0.1, 0.15) is 0 Å². The van der Waals surface area contributed by atoms with Crippen LogP contribution in [0, 0.1) is 0 Å². The van der Waals surface area contributed by atoms with Gasteiger partial charge in [0.15, 0.2) is 5.82 Å². The van der Waals surface area contributed by atoms with Crippen LogP contribution in [0.3, 0.4) is 0 Å². The fourth-order valence-electron chi connectivity index (χ4n) is 9.48. The molecule has 0 unspecified atom stereocenters. The Labute approximate surface area is 341 Å². The summed E-state index contributed by atoms with van der Waals surface area (Å²) in [4.78, 5) is 12.9. The third-order valence-corrected chi connectivity index (χ3v) is 13.4. The SMILES string of the molecule is c1ccc(-c2cc(-c3ccccc3)nc(-c3ccc(-c4ccc5c(c4)C4(c6ccccc6-5)c5ccc6ccccc6c5Sc5c4ccc4ccccc54)cc3)n2)cc1. The molecular weight excluding hydrogens is 721 g/mol. The zero-order chi connectivity index (χ0) is 38.2. The van der Waals surface area contributed by atoms with E-state index in [9.17, 15) is 0 Å². The van der Waals surface area contributed by atoms with Crippen LogP contribution in [0.25, 0.3) is 77.7 Å². The van der Waals surface area contributed by atoms with Crippen molar-refractivity contribution in [3.8, 4) is 56.2 Å². The Balaban J connectivity index is 1.05. The highest BCUT2D eigenvalue weighted by atomic mass is 32.2. The van der Waals surface area contributed by atoms with Gasteiger partial charge in [-0.15, -0.1) is 0 Å². The van der Waals surface area contributed by atoms with Gasteiger partial charge in [0.25, 0.3) is 0 Å². The number of nitrogens with zero attached hydrogens (tertiary/aromatic N) is 2. The van der Waals surface area contributed by atoms with E-state index < -0.39 is 5.41 Å². The van der Waals surface area contributed by atoms with Gasteiger partial charge in [-0.3, -0.25) is 0 Å². The topological polar surface area (TPSA) is 25.8 Å². The van der Waals surface area contributed by atoms with Crippen LogP contribution in [0.5, 0.6) is 0 Å². The lowest BCUT2D eigenvalue weighted by Gasteiger charge is -2.40. The molecule has 0 saturated carbocycles. The molecule has 3 heteroatoms. The van der Waals surface area contributed by atoms with Gasteiger partial charge >= 0.3 is 0 Å². The molecule has 270 valence electrons. The van der Waals surface area contributed by atoms with Crippen molar-refractivity contribution in [3.63, 3.8) is 0 Å². The van der Waals surface area contributed by atoms with Crippen molar-refractivity contribution in [2.75, 3.05) is 0 Å². The van der Waals surface area contributed by atoms with E-state index in [-0.39, 0.29) is 0 Å². The lowest BCUT2D eigenvalue weighted by atomic mass is 9.66. The Morgan fingerprint density at radius 2 is 0.828 bits per heavy atom. The van der Waals surface area contributed by atoms with E-state index in [1.807, 2.05) is 23.9 Å². The summed E-state index contributed by atoms with van der Waals surface area (Å²) >= 11 is 1.94. The smallest absolute Gasteiger partial charge is 0.160 e. The fourth-order valence-corrected chi connectivity index (χ4v) is 10.9. The number of hydrogen-bond donors (Lipinski definition) is 0. The number of fused-ring (bicyclic) bond motifs is 13. The Morgan fingerprint density at radius 1 is 0.328 bits per heavy atom. The standard InChI is InChI=1S/C55H34N2S/c1-3-15-38(16-4-1)50-34-51(39-17-5-2-6-18-39)57-54(56-50)40-25-23-35(24-26-40)41-27-30-45-44-21-11-12-22-46(44)55(49(45)33-41)47-31-28-36-13-7-9-19-42(36)52(47)58-53-43-20-10-8-14-37(43)29-32-48(53)55/h1-34H. The second-order valence-electron chi connectivity index (χ2n) is 15.3. The van der Waals surface area contributed by atoms with E-state index in [1.165, 1.54) is 70.3 Å². The minimum atomic E-state index is -0.495. The van der Waals surface area contributed by atoms with E-state index in [2.05, 4.69) is 194 Å². The monoisotopic (exact) mass is 754 g/mol. The van der Waals surface area contributed by atoms with Gasteiger partial charge in [0.05, 0.1) is 16.8 Å². The molecule has 0 N–H and O–H groups in total. The van der Waals surface area contributed by atoms with Crippen LogP contribution in [0.15, 0.2) is 216 Å². The Bertz CT molecular complexity index is 3100. The van der Waals surface area contributed by atoms with Crippen LogP contribution in [0.4, 0.5) is 0 Å². The van der Waals surface area contributed by atoms with Crippen LogP contribution in [0.1, 0.15) is 22.3 Å². The van der Waals surface area contributed by atoms with E-state index in [1.54, 1.807) is 0 Å². The molecule has 58 heavy (non-hydrogen) atoms. The Hall–Kier alpha value is -7.07. The maximum Gasteiger partial charge on any atom is 0.160 e. The molecule has 1 aliphatic heterocycles. The molecule has 2 heterocycles. The van der Waals surface area contributed by atoms with Crippen LogP contribution in [-0.2, 0) is 5.41 Å².